The number of aliphatic hydroxyl groups excluding tert-OH is 2. The number of aliphatic hydroxyl groups is 2. The van der Waals surface area contributed by atoms with E-state index in [0.29, 0.717) is 5.92 Å². The summed E-state index contributed by atoms with van der Waals surface area (Å²) in [4.78, 5) is 15.7. The highest BCUT2D eigenvalue weighted by molar-refractivity contribution is 5.76. The first-order chi connectivity index (χ1) is 15.7. The number of rotatable bonds is 9. The van der Waals surface area contributed by atoms with Gasteiger partial charge in [-0.05, 0) is 43.0 Å². The summed E-state index contributed by atoms with van der Waals surface area (Å²) >= 11 is 0. The van der Waals surface area contributed by atoms with Crippen LogP contribution in [0.5, 0.6) is 0 Å². The quantitative estimate of drug-likeness (QED) is 0.450. The molecule has 1 saturated carbocycles. The number of halogens is 1. The number of carboxylic acid groups (broad SMARTS) is 1. The number of aromatic nitrogens is 3. The monoisotopic (exact) mass is 453 g/mol. The molecular formula is C25H28FN3O4. The molecule has 0 radical (unpaired) electrons. The van der Waals surface area contributed by atoms with E-state index >= 15 is 0 Å². The number of carboxylic acids is 1. The smallest absolute Gasteiger partial charge is 0.305 e. The number of nitrogens with zero attached hydrogens (tertiary/aromatic N) is 3. The van der Waals surface area contributed by atoms with E-state index in [4.69, 9.17) is 15.2 Å². The maximum atomic E-state index is 13.7. The predicted molar refractivity (Wildman–Crippen MR) is 122 cm³/mol. The maximum Gasteiger partial charge on any atom is 0.305 e. The molecule has 0 unspecified atom stereocenters. The first-order valence-electron chi connectivity index (χ1n) is 11.2. The third kappa shape index (κ3) is 5.29. The minimum Gasteiger partial charge on any atom is -0.481 e. The van der Waals surface area contributed by atoms with Gasteiger partial charge in [0.2, 0.25) is 0 Å². The second-order valence-corrected chi connectivity index (χ2v) is 8.95. The van der Waals surface area contributed by atoms with E-state index in [0.717, 1.165) is 46.7 Å². The Morgan fingerprint density at radius 2 is 1.94 bits per heavy atom. The number of aliphatic carboxylic acids is 1. The molecule has 0 aliphatic heterocycles. The van der Waals surface area contributed by atoms with E-state index in [1.807, 2.05) is 6.07 Å². The molecule has 2 atom stereocenters. The van der Waals surface area contributed by atoms with E-state index in [2.05, 4.69) is 13.8 Å². The van der Waals surface area contributed by atoms with Crippen LogP contribution in [0.25, 0.3) is 23.0 Å². The Morgan fingerprint density at radius 1 is 1.24 bits per heavy atom. The summed E-state index contributed by atoms with van der Waals surface area (Å²) in [7, 11) is 0. The van der Waals surface area contributed by atoms with Gasteiger partial charge in [0.25, 0.3) is 0 Å². The van der Waals surface area contributed by atoms with E-state index in [1.165, 1.54) is 12.1 Å². The van der Waals surface area contributed by atoms with Crippen molar-refractivity contribution >= 4 is 17.7 Å². The minimum atomic E-state index is -1.15. The molecule has 1 aromatic carbocycles. The lowest BCUT2D eigenvalue weighted by Gasteiger charge is -2.15. The van der Waals surface area contributed by atoms with Gasteiger partial charge < -0.3 is 15.3 Å². The summed E-state index contributed by atoms with van der Waals surface area (Å²) in [6, 6.07) is 8.16. The predicted octanol–water partition coefficient (Wildman–Crippen LogP) is 4.14. The van der Waals surface area contributed by atoms with Crippen molar-refractivity contribution in [3.63, 3.8) is 0 Å². The minimum absolute atomic E-state index is 0.0949. The molecule has 0 spiro atoms. The molecule has 174 valence electrons. The number of hydrogen-bond donors (Lipinski definition) is 3. The average Bonchev–Trinajstić information content (AvgIpc) is 3.49. The molecule has 1 fully saturated rings. The number of benzene rings is 1. The van der Waals surface area contributed by atoms with Gasteiger partial charge in [0.05, 0.1) is 35.7 Å². The standard InChI is InChI=1S/C25H28FN3O4/c1-14(2)21-13-22-27-24(15-3-4-15)20(10-9-18(30)11-19(31)12-23(32)33)25(29(22)28-21)16-5-7-17(26)8-6-16/h5-10,13-15,18-19,30-31H,3-4,11-12H2,1-2H3,(H,32,33)/b10-9+/t18-,19-/m1/s1. The number of carbonyl (C=O) groups is 1. The van der Waals surface area contributed by atoms with Gasteiger partial charge in [0.1, 0.15) is 5.82 Å². The number of hydrogen-bond acceptors (Lipinski definition) is 5. The van der Waals surface area contributed by atoms with Crippen molar-refractivity contribution in [3.05, 3.63) is 59.2 Å². The Kier molecular flexibility index (Phi) is 6.58. The molecule has 2 aromatic heterocycles. The van der Waals surface area contributed by atoms with Gasteiger partial charge in [-0.2, -0.15) is 5.10 Å². The fourth-order valence-electron chi connectivity index (χ4n) is 3.90. The van der Waals surface area contributed by atoms with Crippen molar-refractivity contribution in [3.8, 4) is 11.3 Å². The molecule has 8 heteroatoms. The largest absolute Gasteiger partial charge is 0.481 e. The second-order valence-electron chi connectivity index (χ2n) is 8.95. The van der Waals surface area contributed by atoms with E-state index in [-0.39, 0.29) is 18.2 Å². The fraction of sp³-hybridized carbons (Fsp3) is 0.400. The molecule has 0 amide bonds. The Balaban J connectivity index is 1.82. The molecule has 4 rings (SSSR count). The molecule has 7 nitrogen and oxygen atoms in total. The molecule has 3 N–H and O–H groups in total. The Hall–Kier alpha value is -3.10. The summed E-state index contributed by atoms with van der Waals surface area (Å²) in [6.07, 6.45) is 2.61. The summed E-state index contributed by atoms with van der Waals surface area (Å²) in [5.74, 6) is -0.966. The summed E-state index contributed by atoms with van der Waals surface area (Å²) in [5, 5.41) is 33.8. The van der Waals surface area contributed by atoms with Crippen molar-refractivity contribution in [2.24, 2.45) is 0 Å². The van der Waals surface area contributed by atoms with Crippen LogP contribution in [0.3, 0.4) is 0 Å². The Bertz CT molecular complexity index is 1180. The van der Waals surface area contributed by atoms with E-state index in [1.54, 1.807) is 28.8 Å². The molecule has 33 heavy (non-hydrogen) atoms. The van der Waals surface area contributed by atoms with Gasteiger partial charge in [-0.25, -0.2) is 13.9 Å². The van der Waals surface area contributed by atoms with E-state index < -0.39 is 24.6 Å². The Labute approximate surface area is 191 Å². The third-order valence-corrected chi connectivity index (χ3v) is 5.77. The van der Waals surface area contributed by atoms with Crippen molar-refractivity contribution in [1.82, 2.24) is 14.6 Å². The number of fused-ring (bicyclic) bond motifs is 1. The highest BCUT2D eigenvalue weighted by Crippen LogP contribution is 2.43. The van der Waals surface area contributed by atoms with Crippen LogP contribution in [0.2, 0.25) is 0 Å². The molecule has 0 bridgehead atoms. The topological polar surface area (TPSA) is 108 Å². The zero-order valence-corrected chi connectivity index (χ0v) is 18.6. The summed E-state index contributed by atoms with van der Waals surface area (Å²) < 4.78 is 15.4. The van der Waals surface area contributed by atoms with E-state index in [9.17, 15) is 19.4 Å². The van der Waals surface area contributed by atoms with Crippen LogP contribution in [0.4, 0.5) is 4.39 Å². The zero-order chi connectivity index (χ0) is 23.7. The highest BCUT2D eigenvalue weighted by atomic mass is 19.1. The van der Waals surface area contributed by atoms with Crippen LogP contribution < -0.4 is 0 Å². The van der Waals surface area contributed by atoms with Crippen molar-refractivity contribution < 1.29 is 24.5 Å². The average molecular weight is 454 g/mol. The highest BCUT2D eigenvalue weighted by Gasteiger charge is 2.30. The SMILES string of the molecule is CC(C)c1cc2nc(C3CC3)c(/C=C/[C@@H](O)C[C@@H](O)CC(=O)O)c(-c3ccc(F)cc3)n2n1. The van der Waals surface area contributed by atoms with Gasteiger partial charge in [-0.1, -0.05) is 26.0 Å². The van der Waals surface area contributed by atoms with Crippen molar-refractivity contribution in [2.75, 3.05) is 0 Å². The van der Waals surface area contributed by atoms with Crippen LogP contribution >= 0.6 is 0 Å². The normalized spacial score (nSPS) is 16.1. The maximum absolute atomic E-state index is 13.7. The van der Waals surface area contributed by atoms with Gasteiger partial charge in [-0.15, -0.1) is 0 Å². The van der Waals surface area contributed by atoms with Crippen molar-refractivity contribution in [1.29, 1.82) is 0 Å². The van der Waals surface area contributed by atoms with Crippen LogP contribution in [0, 0.1) is 5.82 Å². The lowest BCUT2D eigenvalue weighted by molar-refractivity contribution is -0.139. The zero-order valence-electron chi connectivity index (χ0n) is 18.6. The van der Waals surface area contributed by atoms with Crippen LogP contribution in [-0.2, 0) is 4.79 Å². The van der Waals surface area contributed by atoms with Crippen LogP contribution in [0.15, 0.2) is 36.4 Å². The van der Waals surface area contributed by atoms with Gasteiger partial charge in [0, 0.05) is 29.5 Å². The molecule has 1 aliphatic rings. The molecule has 1 aliphatic carbocycles. The Morgan fingerprint density at radius 3 is 2.55 bits per heavy atom. The van der Waals surface area contributed by atoms with Gasteiger partial charge >= 0.3 is 5.97 Å². The summed E-state index contributed by atoms with van der Waals surface area (Å²) in [6.45, 7) is 4.11. The van der Waals surface area contributed by atoms with Gasteiger partial charge in [-0.3, -0.25) is 4.79 Å². The first kappa shape index (κ1) is 23.1. The first-order valence-corrected chi connectivity index (χ1v) is 11.2. The lowest BCUT2D eigenvalue weighted by atomic mass is 10.00. The van der Waals surface area contributed by atoms with Crippen LogP contribution in [-0.4, -0.2) is 48.1 Å². The van der Waals surface area contributed by atoms with Crippen LogP contribution in [0.1, 0.15) is 68.3 Å². The molecule has 0 saturated heterocycles. The molecular weight excluding hydrogens is 425 g/mol. The lowest BCUT2D eigenvalue weighted by Crippen LogP contribution is -2.19. The fourth-order valence-corrected chi connectivity index (χ4v) is 3.90. The molecule has 2 heterocycles. The third-order valence-electron chi connectivity index (χ3n) is 5.77. The summed E-state index contributed by atoms with van der Waals surface area (Å²) in [5.41, 5.74) is 4.81. The van der Waals surface area contributed by atoms with Crippen molar-refractivity contribution in [2.45, 2.75) is 63.6 Å². The molecule has 3 aromatic rings. The second kappa shape index (κ2) is 9.41. The van der Waals surface area contributed by atoms with Gasteiger partial charge in [0.15, 0.2) is 5.65 Å².